The first kappa shape index (κ1) is 105. The first-order valence-electron chi connectivity index (χ1n) is 53.5. The van der Waals surface area contributed by atoms with E-state index >= 15 is 0 Å². The van der Waals surface area contributed by atoms with E-state index in [1.54, 1.807) is 36.7 Å². The number of hydrogen-bond acceptors (Lipinski definition) is 12. The Morgan fingerprint density at radius 1 is 0.213 bits per heavy atom. The molecule has 24 heteroatoms. The van der Waals surface area contributed by atoms with Gasteiger partial charge in [0.15, 0.2) is 34.7 Å². The fraction of sp³-hybridized carbons (Fsp3) is 0.429. The number of carbonyl (C=O) groups is 6. The smallest absolute Gasteiger partial charge is 0.160 e. The highest BCUT2D eigenvalue weighted by Gasteiger charge is 2.58. The molecule has 0 aliphatic heterocycles. The minimum atomic E-state index is -0.855. The van der Waals surface area contributed by atoms with Crippen LogP contribution in [-0.4, -0.2) is 95.9 Å². The van der Waals surface area contributed by atoms with Gasteiger partial charge in [0, 0.05) is 190 Å². The minimum Gasteiger partial charge on any atom is -0.294 e. The fourth-order valence-corrected chi connectivity index (χ4v) is 29.6. The molecular weight excluding hydrogens is 1890 g/mol. The molecule has 6 heterocycles. The van der Waals surface area contributed by atoms with Gasteiger partial charge in [0.2, 0.25) is 0 Å². The zero-order chi connectivity index (χ0) is 107. The van der Waals surface area contributed by atoms with E-state index in [1.807, 2.05) is 62.9 Å². The van der Waals surface area contributed by atoms with Crippen LogP contribution in [0.1, 0.15) is 341 Å². The molecule has 0 saturated heterocycles. The molecule has 1 unspecified atom stereocenters. The summed E-state index contributed by atoms with van der Waals surface area (Å²) in [5.41, 5.74) is 26.1. The third kappa shape index (κ3) is 18.1. The molecule has 6 N–H and O–H groups in total. The van der Waals surface area contributed by atoms with Crippen LogP contribution in [0.3, 0.4) is 0 Å². The lowest BCUT2D eigenvalue weighted by atomic mass is 9.57. The summed E-state index contributed by atoms with van der Waals surface area (Å²) < 4.78 is 84.4. The molecule has 780 valence electrons. The lowest BCUT2D eigenvalue weighted by Crippen LogP contribution is -2.42. The van der Waals surface area contributed by atoms with Crippen molar-refractivity contribution in [3.05, 3.63) is 385 Å². The van der Waals surface area contributed by atoms with Gasteiger partial charge in [0.05, 0.1) is 69.7 Å². The zero-order valence-electron chi connectivity index (χ0n) is 89.7. The average molecular weight is 2030 g/mol. The summed E-state index contributed by atoms with van der Waals surface area (Å²) in [5.74, 6) is -1.87. The number of allylic oxidation sites excluding steroid dienone is 12. The number of aromatic nitrogens is 12. The number of benzene rings is 6. The van der Waals surface area contributed by atoms with Crippen LogP contribution in [0.15, 0.2) is 250 Å². The Kier molecular flexibility index (Phi) is 27.4. The Bertz CT molecular complexity index is 7140. The number of ketones is 6. The monoisotopic (exact) mass is 2030 g/mol. The molecule has 0 radical (unpaired) electrons. The topological polar surface area (TPSA) is 274 Å². The number of H-pyrrole nitrogens is 6. The Morgan fingerprint density at radius 2 is 0.387 bits per heavy atom. The van der Waals surface area contributed by atoms with E-state index in [0.717, 1.165) is 190 Å². The van der Waals surface area contributed by atoms with Crippen molar-refractivity contribution < 1.29 is 55.1 Å². The number of Topliss-reactive ketones (excluding diaryl/α,β-unsaturated/α-hetero) is 6. The molecular formula is C126H138F6N12O6. The number of aromatic amines is 6. The molecule has 0 saturated carbocycles. The summed E-state index contributed by atoms with van der Waals surface area (Å²) in [7, 11) is 0. The van der Waals surface area contributed by atoms with Gasteiger partial charge in [-0.25, -0.2) is 26.3 Å². The number of nitrogens with one attached hydrogen (secondary N) is 6. The van der Waals surface area contributed by atoms with Gasteiger partial charge in [-0.2, -0.15) is 30.6 Å². The lowest BCUT2D eigenvalue weighted by molar-refractivity contribution is -0.119. The van der Waals surface area contributed by atoms with Crippen LogP contribution < -0.4 is 0 Å². The third-order valence-electron chi connectivity index (χ3n) is 34.8. The molecule has 6 aromatic carbocycles. The van der Waals surface area contributed by atoms with E-state index in [1.165, 1.54) is 92.3 Å². The number of rotatable bonds is 12. The van der Waals surface area contributed by atoms with E-state index in [0.29, 0.717) is 99.7 Å². The maximum atomic E-state index is 14.1. The van der Waals surface area contributed by atoms with Crippen LogP contribution in [0.4, 0.5) is 26.3 Å². The minimum absolute atomic E-state index is 0.0329. The first-order chi connectivity index (χ1) is 71.2. The second kappa shape index (κ2) is 39.1. The van der Waals surface area contributed by atoms with Crippen molar-refractivity contribution in [3.63, 3.8) is 0 Å². The van der Waals surface area contributed by atoms with E-state index < -0.39 is 44.9 Å². The first-order valence-corrected chi connectivity index (χ1v) is 53.5. The van der Waals surface area contributed by atoms with Gasteiger partial charge in [-0.1, -0.05) is 243 Å². The second-order valence-electron chi connectivity index (χ2n) is 48.8. The molecule has 6 aromatic heterocycles. The van der Waals surface area contributed by atoms with E-state index in [4.69, 9.17) is 0 Å². The van der Waals surface area contributed by atoms with Crippen molar-refractivity contribution in [3.8, 4) is 0 Å². The number of halogens is 6. The molecule has 6 atom stereocenters. The van der Waals surface area contributed by atoms with Gasteiger partial charge < -0.3 is 0 Å². The standard InChI is InChI=1S/2C21H22F2N2O.2C21H23FN2O.2C21H24N2O/c2*1-4-21(13-6-14(22)8-15(23)7-13)16-11-24-25-17(16)5-12-9-20(2,3)10-18(26)19(12)21;2*1-4-21(14-6-5-7-15(22)9-14)16-12-23-24-17(16)8-13-10-20(2,3)11-18(25)19(13)21;2*1-4-21(15-8-6-5-7-9-15)16-13-22-23-17(16)10-14-11-20(2,3)12-18(24)19(14)21/h2*6-8,11H,4-5,9-10H2,1-3H3,(H,24,25);2*5-7,9,12H,4,8,10-11H2,1-3H3,(H,23,24);2*5-9,13H,4,10-12H2,1-3H3,(H,22,23)/t5*21-;/m10101./s1. The van der Waals surface area contributed by atoms with Crippen LogP contribution in [0.2, 0.25) is 0 Å². The fourth-order valence-electron chi connectivity index (χ4n) is 29.6. The quantitative estimate of drug-likeness (QED) is 0.0623. The van der Waals surface area contributed by atoms with Gasteiger partial charge in [-0.05, 0) is 191 Å². The average Bonchev–Trinajstić information content (AvgIpc) is 1.28. The molecule has 18 nitrogen and oxygen atoms in total. The van der Waals surface area contributed by atoms with Gasteiger partial charge in [0.25, 0.3) is 0 Å². The maximum absolute atomic E-state index is 14.1. The maximum Gasteiger partial charge on any atom is 0.160 e. The molecule has 0 fully saturated rings. The van der Waals surface area contributed by atoms with Crippen molar-refractivity contribution in [2.45, 2.75) is 311 Å². The summed E-state index contributed by atoms with van der Waals surface area (Å²) in [4.78, 5) is 79.4. The van der Waals surface area contributed by atoms with Gasteiger partial charge >= 0.3 is 0 Å². The molecule has 0 amide bonds. The summed E-state index contributed by atoms with van der Waals surface area (Å²) in [6.45, 7) is 38.2. The number of hydrogen-bond donors (Lipinski definition) is 6. The van der Waals surface area contributed by atoms with Crippen LogP contribution in [0, 0.1) is 67.4 Å². The van der Waals surface area contributed by atoms with Crippen molar-refractivity contribution in [1.82, 2.24) is 61.2 Å². The largest absolute Gasteiger partial charge is 0.294 e. The lowest BCUT2D eigenvalue weighted by Gasteiger charge is -2.45. The van der Waals surface area contributed by atoms with Crippen molar-refractivity contribution in [1.29, 1.82) is 0 Å². The van der Waals surface area contributed by atoms with Crippen molar-refractivity contribution >= 4 is 34.7 Å². The Labute approximate surface area is 875 Å². The molecule has 12 aliphatic carbocycles. The van der Waals surface area contributed by atoms with Crippen LogP contribution in [0.5, 0.6) is 0 Å². The van der Waals surface area contributed by atoms with Crippen molar-refractivity contribution in [2.75, 3.05) is 0 Å². The number of fused-ring (bicyclic) bond motifs is 6. The van der Waals surface area contributed by atoms with Crippen LogP contribution >= 0.6 is 0 Å². The van der Waals surface area contributed by atoms with Gasteiger partial charge in [0.1, 0.15) is 34.9 Å². The molecule has 12 aliphatic rings. The van der Waals surface area contributed by atoms with E-state index in [9.17, 15) is 55.1 Å². The number of carbonyl (C=O) groups excluding carboxylic acids is 6. The highest BCUT2D eigenvalue weighted by Crippen LogP contribution is 2.62. The van der Waals surface area contributed by atoms with E-state index in [-0.39, 0.29) is 78.1 Å². The predicted octanol–water partition coefficient (Wildman–Crippen LogP) is 26.9. The van der Waals surface area contributed by atoms with Gasteiger partial charge in [-0.3, -0.25) is 59.4 Å². The molecule has 24 rings (SSSR count). The highest BCUT2D eigenvalue weighted by atomic mass is 19.2. The van der Waals surface area contributed by atoms with Crippen LogP contribution in [-0.2, 0) is 99.8 Å². The second-order valence-corrected chi connectivity index (χ2v) is 48.8. The predicted molar refractivity (Wildman–Crippen MR) is 569 cm³/mol. The zero-order valence-corrected chi connectivity index (χ0v) is 89.7. The normalized spacial score (nSPS) is 24.9. The Balaban J connectivity index is 0.000000113. The molecule has 0 spiro atoms. The Morgan fingerprint density at radius 3 is 0.573 bits per heavy atom. The third-order valence-corrected chi connectivity index (χ3v) is 34.8. The highest BCUT2D eigenvalue weighted by molar-refractivity contribution is 6.06. The summed E-state index contributed by atoms with van der Waals surface area (Å²) in [6, 6.07) is 41.5. The Hall–Kier alpha value is -13.4. The summed E-state index contributed by atoms with van der Waals surface area (Å²) in [6.07, 6.45) is 28.1. The number of nitrogens with zero attached hydrogens (tertiary/aromatic N) is 6. The van der Waals surface area contributed by atoms with Crippen LogP contribution in [0.25, 0.3) is 0 Å². The summed E-state index contributed by atoms with van der Waals surface area (Å²) >= 11 is 0. The molecule has 12 aromatic rings. The molecule has 0 bridgehead atoms. The summed E-state index contributed by atoms with van der Waals surface area (Å²) in [5, 5.41) is 44.2. The van der Waals surface area contributed by atoms with E-state index in [2.05, 4.69) is 220 Å². The molecule has 150 heavy (non-hydrogen) atoms. The SMILES string of the molecule is CCC1(c2ccccc2)C2=C(Cc3[nH]ncc31)CC(C)(C)CC2=O.CC[C@@]1(c2cc(F)cc(F)c2)C2=C(Cc3[nH]ncc31)CC(C)(C)CC2=O.CC[C@@]1(c2cccc(F)c2)C2=C(Cc3[nH]ncc31)CC(C)(C)CC2=O.CC[C@]1(c2cc(F)cc(F)c2)C2=C(Cc3[nH]ncc31)CC(C)(C)CC2=O.CC[C@]1(c2cccc(F)c2)C2=C(Cc3[nH]ncc31)CC(C)(C)CC2=O.CC[C@]1(c2ccccc2)C2=C(Cc3[nH]ncc31)CC(C)(C)CC2=O. The van der Waals surface area contributed by atoms with Crippen molar-refractivity contribution in [2.24, 2.45) is 32.5 Å². The van der Waals surface area contributed by atoms with Gasteiger partial charge in [-0.15, -0.1) is 0 Å².